The second kappa shape index (κ2) is 8.39. The highest BCUT2D eigenvalue weighted by atomic mass is 32.2. The molecule has 0 aromatic heterocycles. The number of hydrogen-bond donors (Lipinski definition) is 1. The monoisotopic (exact) mass is 350 g/mol. The normalized spacial score (nSPS) is 19.9. The van der Waals surface area contributed by atoms with Crippen molar-refractivity contribution < 1.29 is 0 Å². The van der Waals surface area contributed by atoms with Gasteiger partial charge >= 0.3 is 0 Å². The van der Waals surface area contributed by atoms with Crippen LogP contribution in [0.1, 0.15) is 41.6 Å². The Hall–Kier alpha value is -2.00. The van der Waals surface area contributed by atoms with Crippen LogP contribution in [0.15, 0.2) is 65.7 Å². The third-order valence-corrected chi connectivity index (χ3v) is 5.43. The molecule has 2 nitrogen and oxygen atoms in total. The van der Waals surface area contributed by atoms with E-state index < -0.39 is 0 Å². The minimum Gasteiger partial charge on any atom is -0.356 e. The number of thioether (sulfide) groups is 1. The molecule has 1 aliphatic rings. The van der Waals surface area contributed by atoms with Crippen LogP contribution in [0.5, 0.6) is 0 Å². The molecule has 3 rings (SSSR count). The van der Waals surface area contributed by atoms with Gasteiger partial charge in [0, 0.05) is 5.75 Å². The van der Waals surface area contributed by atoms with Crippen LogP contribution in [0.4, 0.5) is 0 Å². The second-order valence-electron chi connectivity index (χ2n) is 6.51. The van der Waals surface area contributed by atoms with Gasteiger partial charge in [-0.15, -0.1) is 0 Å². The smallest absolute Gasteiger partial charge is 0.158 e. The Bertz CT molecular complexity index is 765. The molecule has 0 amide bonds. The SMILES string of the molecule is CC/C=C/[C@@H]1NC(SCc2cc(C)ccc2C)=N[C@@H]1c1ccccc1. The molecule has 0 saturated heterocycles. The minimum atomic E-state index is 0.158. The van der Waals surface area contributed by atoms with Crippen LogP contribution in [-0.2, 0) is 5.75 Å². The Labute approximate surface area is 155 Å². The van der Waals surface area contributed by atoms with Crippen molar-refractivity contribution in [2.24, 2.45) is 4.99 Å². The third kappa shape index (κ3) is 4.55. The molecule has 130 valence electrons. The number of allylic oxidation sites excluding steroid dienone is 1. The molecular formula is C22H26N2S. The van der Waals surface area contributed by atoms with E-state index in [-0.39, 0.29) is 12.1 Å². The molecule has 0 saturated carbocycles. The quantitative estimate of drug-likeness (QED) is 0.713. The summed E-state index contributed by atoms with van der Waals surface area (Å²) in [4.78, 5) is 4.98. The molecule has 1 heterocycles. The first kappa shape index (κ1) is 17.8. The first-order valence-corrected chi connectivity index (χ1v) is 9.91. The Balaban J connectivity index is 1.75. The number of aryl methyl sites for hydroxylation is 2. The highest BCUT2D eigenvalue weighted by Gasteiger charge is 2.28. The van der Waals surface area contributed by atoms with E-state index in [0.29, 0.717) is 0 Å². The Morgan fingerprint density at radius 2 is 1.92 bits per heavy atom. The zero-order chi connectivity index (χ0) is 17.6. The van der Waals surface area contributed by atoms with Gasteiger partial charge in [-0.1, -0.05) is 84.9 Å². The van der Waals surface area contributed by atoms with Crippen LogP contribution < -0.4 is 5.32 Å². The Morgan fingerprint density at radius 3 is 2.68 bits per heavy atom. The fraction of sp³-hybridized carbons (Fsp3) is 0.318. The Kier molecular flexibility index (Phi) is 5.98. The van der Waals surface area contributed by atoms with Crippen LogP contribution in [0.2, 0.25) is 0 Å². The summed E-state index contributed by atoms with van der Waals surface area (Å²) in [7, 11) is 0. The van der Waals surface area contributed by atoms with Gasteiger partial charge in [-0.25, -0.2) is 0 Å². The topological polar surface area (TPSA) is 24.4 Å². The van der Waals surface area contributed by atoms with Gasteiger partial charge in [-0.2, -0.15) is 0 Å². The number of benzene rings is 2. The first-order chi connectivity index (χ1) is 12.2. The summed E-state index contributed by atoms with van der Waals surface area (Å²) in [5, 5.41) is 4.65. The molecule has 0 fully saturated rings. The van der Waals surface area contributed by atoms with E-state index in [1.54, 1.807) is 11.8 Å². The number of nitrogens with zero attached hydrogens (tertiary/aromatic N) is 1. The zero-order valence-corrected chi connectivity index (χ0v) is 16.0. The lowest BCUT2D eigenvalue weighted by Crippen LogP contribution is -2.28. The second-order valence-corrected chi connectivity index (χ2v) is 7.48. The average molecular weight is 351 g/mol. The summed E-state index contributed by atoms with van der Waals surface area (Å²) >= 11 is 1.80. The molecule has 2 aromatic carbocycles. The van der Waals surface area contributed by atoms with E-state index in [1.807, 2.05) is 0 Å². The molecule has 0 radical (unpaired) electrons. The lowest BCUT2D eigenvalue weighted by atomic mass is 10.0. The van der Waals surface area contributed by atoms with Gasteiger partial charge in [0.25, 0.3) is 0 Å². The van der Waals surface area contributed by atoms with Gasteiger partial charge in [0.15, 0.2) is 5.17 Å². The third-order valence-electron chi connectivity index (χ3n) is 4.48. The first-order valence-electron chi connectivity index (χ1n) is 8.92. The fourth-order valence-corrected chi connectivity index (χ4v) is 4.03. The van der Waals surface area contributed by atoms with Crippen molar-refractivity contribution in [1.29, 1.82) is 0 Å². The maximum absolute atomic E-state index is 4.98. The minimum absolute atomic E-state index is 0.158. The molecule has 0 aliphatic carbocycles. The Morgan fingerprint density at radius 1 is 1.12 bits per heavy atom. The number of hydrogen-bond acceptors (Lipinski definition) is 3. The van der Waals surface area contributed by atoms with Gasteiger partial charge < -0.3 is 5.32 Å². The van der Waals surface area contributed by atoms with Crippen LogP contribution in [0.3, 0.4) is 0 Å². The van der Waals surface area contributed by atoms with E-state index in [0.717, 1.165) is 17.3 Å². The van der Waals surface area contributed by atoms with Crippen LogP contribution in [0.25, 0.3) is 0 Å². The standard InChI is InChI=1S/C22H26N2S/c1-4-5-11-20-21(18-9-7-6-8-10-18)24-22(23-20)25-15-19-14-16(2)12-13-17(19)3/h5-14,20-21H,4,15H2,1-3H3,(H,23,24)/b11-5+/t20-,21+/m0/s1. The number of aliphatic imine (C=N–C) groups is 1. The molecule has 1 aliphatic heterocycles. The van der Waals surface area contributed by atoms with E-state index >= 15 is 0 Å². The molecule has 25 heavy (non-hydrogen) atoms. The summed E-state index contributed by atoms with van der Waals surface area (Å²) in [6.07, 6.45) is 5.53. The number of amidine groups is 1. The zero-order valence-electron chi connectivity index (χ0n) is 15.2. The lowest BCUT2D eigenvalue weighted by molar-refractivity contribution is 0.638. The summed E-state index contributed by atoms with van der Waals surface area (Å²) in [5.74, 6) is 0.949. The average Bonchev–Trinajstić information content (AvgIpc) is 3.04. The maximum Gasteiger partial charge on any atom is 0.158 e. The highest BCUT2D eigenvalue weighted by Crippen LogP contribution is 2.30. The van der Waals surface area contributed by atoms with Crippen molar-refractivity contribution in [2.75, 3.05) is 0 Å². The molecule has 1 N–H and O–H groups in total. The van der Waals surface area contributed by atoms with E-state index in [1.165, 1.54) is 22.3 Å². The van der Waals surface area contributed by atoms with Crippen molar-refractivity contribution in [3.63, 3.8) is 0 Å². The summed E-state index contributed by atoms with van der Waals surface area (Å²) in [6, 6.07) is 17.6. The largest absolute Gasteiger partial charge is 0.356 e. The van der Waals surface area contributed by atoms with Gasteiger partial charge in [0.05, 0.1) is 6.04 Å². The molecular weight excluding hydrogens is 324 g/mol. The number of nitrogens with one attached hydrogen (secondary N) is 1. The summed E-state index contributed by atoms with van der Waals surface area (Å²) < 4.78 is 0. The molecule has 2 atom stereocenters. The fourth-order valence-electron chi connectivity index (χ4n) is 3.01. The molecule has 0 spiro atoms. The van der Waals surface area contributed by atoms with Crippen molar-refractivity contribution in [3.05, 3.63) is 82.9 Å². The van der Waals surface area contributed by atoms with Crippen molar-refractivity contribution in [2.45, 2.75) is 45.0 Å². The lowest BCUT2D eigenvalue weighted by Gasteiger charge is -2.15. The van der Waals surface area contributed by atoms with E-state index in [2.05, 4.69) is 86.8 Å². The van der Waals surface area contributed by atoms with Gasteiger partial charge in [-0.05, 0) is 37.0 Å². The highest BCUT2D eigenvalue weighted by molar-refractivity contribution is 8.13. The van der Waals surface area contributed by atoms with Crippen molar-refractivity contribution >= 4 is 16.9 Å². The van der Waals surface area contributed by atoms with Crippen molar-refractivity contribution in [3.8, 4) is 0 Å². The molecule has 2 aromatic rings. The molecule has 3 heteroatoms. The van der Waals surface area contributed by atoms with Gasteiger partial charge in [-0.3, -0.25) is 4.99 Å². The van der Waals surface area contributed by atoms with Gasteiger partial charge in [0.2, 0.25) is 0 Å². The predicted octanol–water partition coefficient (Wildman–Crippen LogP) is 5.57. The van der Waals surface area contributed by atoms with E-state index in [4.69, 9.17) is 4.99 Å². The predicted molar refractivity (Wildman–Crippen MR) is 110 cm³/mol. The van der Waals surface area contributed by atoms with E-state index in [9.17, 15) is 0 Å². The molecule has 0 bridgehead atoms. The van der Waals surface area contributed by atoms with Crippen LogP contribution >= 0.6 is 11.8 Å². The van der Waals surface area contributed by atoms with Gasteiger partial charge in [0.1, 0.15) is 6.04 Å². The van der Waals surface area contributed by atoms with Crippen LogP contribution in [0, 0.1) is 13.8 Å². The maximum atomic E-state index is 4.98. The summed E-state index contributed by atoms with van der Waals surface area (Å²) in [5.41, 5.74) is 5.31. The van der Waals surface area contributed by atoms with Crippen LogP contribution in [-0.4, -0.2) is 11.2 Å². The van der Waals surface area contributed by atoms with Crippen molar-refractivity contribution in [1.82, 2.24) is 5.32 Å². The molecule has 0 unspecified atom stereocenters. The number of rotatable bonds is 5. The summed E-state index contributed by atoms with van der Waals surface area (Å²) in [6.45, 7) is 6.49.